The highest BCUT2D eigenvalue weighted by Crippen LogP contribution is 2.32. The predicted octanol–water partition coefficient (Wildman–Crippen LogP) is 3.74. The molecule has 0 bridgehead atoms. The molecule has 2 aromatic heterocycles. The molecule has 0 atom stereocenters. The van der Waals surface area contributed by atoms with Gasteiger partial charge in [-0.1, -0.05) is 18.2 Å². The molecule has 0 aliphatic carbocycles. The summed E-state index contributed by atoms with van der Waals surface area (Å²) in [7, 11) is 0. The van der Waals surface area contributed by atoms with Crippen LogP contribution in [0.1, 0.15) is 0 Å². The van der Waals surface area contributed by atoms with Crippen LogP contribution in [0.15, 0.2) is 69.5 Å². The molecule has 2 aromatic carbocycles. The van der Waals surface area contributed by atoms with Gasteiger partial charge in [0.2, 0.25) is 5.89 Å². The monoisotopic (exact) mass is 351 g/mol. The minimum absolute atomic E-state index is 0.00493. The van der Waals surface area contributed by atoms with Crippen LogP contribution in [0.4, 0.5) is 5.69 Å². The molecular formula is C16H9N5O3S. The molecular weight excluding hydrogens is 342 g/mol. The van der Waals surface area contributed by atoms with Gasteiger partial charge in [0, 0.05) is 23.1 Å². The van der Waals surface area contributed by atoms with E-state index in [4.69, 9.17) is 4.42 Å². The third-order valence-electron chi connectivity index (χ3n) is 3.42. The molecule has 9 heteroatoms. The zero-order chi connectivity index (χ0) is 17.2. The third kappa shape index (κ3) is 3.04. The fourth-order valence-electron chi connectivity index (χ4n) is 2.24. The summed E-state index contributed by atoms with van der Waals surface area (Å²) in [6.07, 6.45) is 1.48. The Morgan fingerprint density at radius 2 is 1.80 bits per heavy atom. The van der Waals surface area contributed by atoms with Crippen molar-refractivity contribution in [1.29, 1.82) is 0 Å². The Morgan fingerprint density at radius 1 is 1.00 bits per heavy atom. The van der Waals surface area contributed by atoms with Gasteiger partial charge in [0.25, 0.3) is 10.9 Å². The molecule has 0 fully saturated rings. The summed E-state index contributed by atoms with van der Waals surface area (Å²) in [5.74, 6) is 0.288. The summed E-state index contributed by atoms with van der Waals surface area (Å²) in [4.78, 5) is 18.7. The van der Waals surface area contributed by atoms with Gasteiger partial charge in [-0.2, -0.15) is 0 Å². The number of para-hydroxylation sites is 1. The van der Waals surface area contributed by atoms with Gasteiger partial charge in [0.1, 0.15) is 11.4 Å². The van der Waals surface area contributed by atoms with Gasteiger partial charge in [-0.15, -0.1) is 10.2 Å². The van der Waals surface area contributed by atoms with Crippen LogP contribution in [0.3, 0.4) is 0 Å². The van der Waals surface area contributed by atoms with Gasteiger partial charge in [0.05, 0.1) is 10.4 Å². The molecule has 2 heterocycles. The summed E-state index contributed by atoms with van der Waals surface area (Å²) in [5, 5.41) is 20.6. The number of nitrogens with zero attached hydrogens (tertiary/aromatic N) is 5. The lowest BCUT2D eigenvalue weighted by molar-refractivity contribution is -0.384. The average Bonchev–Trinajstić information content (AvgIpc) is 3.11. The molecule has 8 nitrogen and oxygen atoms in total. The maximum Gasteiger partial charge on any atom is 0.283 e. The first kappa shape index (κ1) is 15.2. The number of aromatic nitrogens is 4. The summed E-state index contributed by atoms with van der Waals surface area (Å²) in [5.41, 5.74) is 1.44. The maximum absolute atomic E-state index is 10.7. The number of benzene rings is 2. The fourth-order valence-corrected chi connectivity index (χ4v) is 2.99. The van der Waals surface area contributed by atoms with Gasteiger partial charge < -0.3 is 4.42 Å². The van der Waals surface area contributed by atoms with Crippen LogP contribution < -0.4 is 0 Å². The van der Waals surface area contributed by atoms with Crippen molar-refractivity contribution < 1.29 is 9.34 Å². The molecule has 4 rings (SSSR count). The number of non-ortho nitro benzene ring substituents is 1. The summed E-state index contributed by atoms with van der Waals surface area (Å²) >= 11 is 1.24. The summed E-state index contributed by atoms with van der Waals surface area (Å²) < 4.78 is 5.63. The van der Waals surface area contributed by atoms with Crippen molar-refractivity contribution in [3.63, 3.8) is 0 Å². The van der Waals surface area contributed by atoms with Crippen molar-refractivity contribution in [2.45, 2.75) is 10.2 Å². The van der Waals surface area contributed by atoms with E-state index in [1.54, 1.807) is 12.1 Å². The lowest BCUT2D eigenvalue weighted by Crippen LogP contribution is -1.87. The van der Waals surface area contributed by atoms with E-state index < -0.39 is 4.92 Å². The van der Waals surface area contributed by atoms with Crippen LogP contribution >= 0.6 is 11.8 Å². The second kappa shape index (κ2) is 6.29. The number of hydrogen-bond donors (Lipinski definition) is 0. The molecule has 0 saturated heterocycles. The SMILES string of the molecule is O=[N+]([O-])c1ccc(-c2nnc(Sc3ncnc4ccccc34)o2)cc1. The Morgan fingerprint density at radius 3 is 2.60 bits per heavy atom. The van der Waals surface area contributed by atoms with Gasteiger partial charge in [-0.3, -0.25) is 10.1 Å². The number of nitro benzene ring substituents is 1. The zero-order valence-electron chi connectivity index (χ0n) is 12.6. The lowest BCUT2D eigenvalue weighted by Gasteiger charge is -2.00. The van der Waals surface area contributed by atoms with E-state index in [9.17, 15) is 10.1 Å². The Hall–Kier alpha value is -3.33. The molecule has 0 aliphatic heterocycles. The topological polar surface area (TPSA) is 108 Å². The molecule has 0 unspecified atom stereocenters. The molecule has 122 valence electrons. The van der Waals surface area contributed by atoms with Gasteiger partial charge in [-0.25, -0.2) is 9.97 Å². The van der Waals surface area contributed by atoms with Gasteiger partial charge in [-0.05, 0) is 30.0 Å². The quantitative estimate of drug-likeness (QED) is 0.311. The summed E-state index contributed by atoms with van der Waals surface area (Å²) in [6, 6.07) is 13.6. The first-order valence-corrected chi connectivity index (χ1v) is 7.98. The second-order valence-corrected chi connectivity index (χ2v) is 5.92. The second-order valence-electron chi connectivity index (χ2n) is 4.98. The highest BCUT2D eigenvalue weighted by molar-refractivity contribution is 7.99. The van der Waals surface area contributed by atoms with Crippen molar-refractivity contribution in [2.24, 2.45) is 0 Å². The minimum Gasteiger partial charge on any atom is -0.411 e. The highest BCUT2D eigenvalue weighted by Gasteiger charge is 2.14. The van der Waals surface area contributed by atoms with E-state index in [2.05, 4.69) is 20.2 Å². The first-order valence-electron chi connectivity index (χ1n) is 7.16. The minimum atomic E-state index is -0.459. The van der Waals surface area contributed by atoms with Crippen molar-refractivity contribution in [1.82, 2.24) is 20.2 Å². The Kier molecular flexibility index (Phi) is 3.82. The van der Waals surface area contributed by atoms with Crippen molar-refractivity contribution >= 4 is 28.4 Å². The number of fused-ring (bicyclic) bond motifs is 1. The van der Waals surface area contributed by atoms with Crippen LogP contribution in [-0.4, -0.2) is 25.1 Å². The smallest absolute Gasteiger partial charge is 0.283 e. The van der Waals surface area contributed by atoms with E-state index in [1.165, 1.54) is 30.2 Å². The average molecular weight is 351 g/mol. The van der Waals surface area contributed by atoms with E-state index in [0.29, 0.717) is 15.8 Å². The Bertz CT molecular complexity index is 1060. The van der Waals surface area contributed by atoms with Crippen LogP contribution in [0.25, 0.3) is 22.4 Å². The van der Waals surface area contributed by atoms with Crippen LogP contribution in [-0.2, 0) is 0 Å². The molecule has 25 heavy (non-hydrogen) atoms. The Labute approximate surface area is 145 Å². The molecule has 0 N–H and O–H groups in total. The van der Waals surface area contributed by atoms with Gasteiger partial charge in [0.15, 0.2) is 0 Å². The van der Waals surface area contributed by atoms with Crippen LogP contribution in [0, 0.1) is 10.1 Å². The number of nitro groups is 1. The Balaban J connectivity index is 1.62. The molecule has 4 aromatic rings. The highest BCUT2D eigenvalue weighted by atomic mass is 32.2. The first-order chi connectivity index (χ1) is 12.2. The zero-order valence-corrected chi connectivity index (χ0v) is 13.4. The van der Waals surface area contributed by atoms with E-state index in [1.807, 2.05) is 24.3 Å². The van der Waals surface area contributed by atoms with E-state index >= 15 is 0 Å². The molecule has 0 aliphatic rings. The maximum atomic E-state index is 10.7. The number of hydrogen-bond acceptors (Lipinski definition) is 8. The van der Waals surface area contributed by atoms with Crippen molar-refractivity contribution in [2.75, 3.05) is 0 Å². The van der Waals surface area contributed by atoms with Crippen molar-refractivity contribution in [3.8, 4) is 11.5 Å². The van der Waals surface area contributed by atoms with E-state index in [-0.39, 0.29) is 11.6 Å². The predicted molar refractivity (Wildman–Crippen MR) is 90.0 cm³/mol. The molecule has 0 saturated carbocycles. The third-order valence-corrected chi connectivity index (χ3v) is 4.28. The van der Waals surface area contributed by atoms with Gasteiger partial charge >= 0.3 is 0 Å². The largest absolute Gasteiger partial charge is 0.411 e. The summed E-state index contributed by atoms with van der Waals surface area (Å²) in [6.45, 7) is 0. The number of rotatable bonds is 4. The molecule has 0 spiro atoms. The molecule has 0 radical (unpaired) electrons. The van der Waals surface area contributed by atoms with Crippen LogP contribution in [0.2, 0.25) is 0 Å². The van der Waals surface area contributed by atoms with E-state index in [0.717, 1.165) is 10.9 Å². The standard InChI is InChI=1S/C16H9N5O3S/c22-21(23)11-7-5-10(6-8-11)14-19-20-16(24-14)25-15-12-3-1-2-4-13(12)17-9-18-15/h1-9H. The fraction of sp³-hybridized carbons (Fsp3) is 0. The normalized spacial score (nSPS) is 10.9. The van der Waals surface area contributed by atoms with Crippen molar-refractivity contribution in [3.05, 3.63) is 65.0 Å². The van der Waals surface area contributed by atoms with Crippen LogP contribution in [0.5, 0.6) is 0 Å². The lowest BCUT2D eigenvalue weighted by atomic mass is 10.2. The molecule has 0 amide bonds.